The van der Waals surface area contributed by atoms with Crippen LogP contribution in [0.5, 0.6) is 0 Å². The molecule has 2 N–H and O–H groups in total. The van der Waals surface area contributed by atoms with Gasteiger partial charge in [0.15, 0.2) is 0 Å². The number of thioether (sulfide) groups is 1. The van der Waals surface area contributed by atoms with Crippen molar-refractivity contribution in [1.29, 1.82) is 0 Å². The second-order valence-electron chi connectivity index (χ2n) is 4.39. The Kier molecular flexibility index (Phi) is 3.60. The largest absolute Gasteiger partial charge is 0.345 e. The highest BCUT2D eigenvalue weighted by Gasteiger charge is 2.19. The average molecular weight is 319 g/mol. The second kappa shape index (κ2) is 5.42. The number of hydrogen-bond donors (Lipinski definition) is 2. The third kappa shape index (κ3) is 2.74. The molecule has 21 heavy (non-hydrogen) atoms. The van der Waals surface area contributed by atoms with Gasteiger partial charge < -0.3 is 4.98 Å². The first-order chi connectivity index (χ1) is 10.1. The molecule has 0 unspecified atom stereocenters. The van der Waals surface area contributed by atoms with Crippen LogP contribution in [0.2, 0.25) is 0 Å². The molecule has 0 aliphatic rings. The van der Waals surface area contributed by atoms with Gasteiger partial charge in [-0.25, -0.2) is 13.4 Å². The molecule has 0 aliphatic heterocycles. The Balaban J connectivity index is 1.96. The van der Waals surface area contributed by atoms with E-state index in [0.29, 0.717) is 16.7 Å². The van der Waals surface area contributed by atoms with E-state index in [1.807, 2.05) is 18.4 Å². The van der Waals surface area contributed by atoms with Crippen molar-refractivity contribution in [3.8, 4) is 0 Å². The van der Waals surface area contributed by atoms with Gasteiger partial charge in [-0.2, -0.15) is 0 Å². The van der Waals surface area contributed by atoms with E-state index in [9.17, 15) is 8.42 Å². The van der Waals surface area contributed by atoms with Crippen molar-refractivity contribution >= 4 is 38.5 Å². The van der Waals surface area contributed by atoms with Gasteiger partial charge in [0.25, 0.3) is 10.0 Å². The Morgan fingerprint density at radius 1 is 1.19 bits per heavy atom. The summed E-state index contributed by atoms with van der Waals surface area (Å²) in [5, 5.41) is 0.575. The molecule has 0 spiro atoms. The molecule has 0 saturated heterocycles. The third-order valence-electron chi connectivity index (χ3n) is 3.04. The molecule has 0 amide bonds. The van der Waals surface area contributed by atoms with Gasteiger partial charge in [0, 0.05) is 28.4 Å². The van der Waals surface area contributed by atoms with Crippen LogP contribution in [0.3, 0.4) is 0 Å². The van der Waals surface area contributed by atoms with Crippen molar-refractivity contribution in [2.45, 2.75) is 9.79 Å². The Morgan fingerprint density at radius 2 is 1.95 bits per heavy atom. The van der Waals surface area contributed by atoms with E-state index in [-0.39, 0.29) is 4.90 Å². The standard InChI is InChI=1S/C14H13N3O2S2/c1-20-11-6-4-10(5-7-11)17-21(18,19)13-9-16-14-12(13)3-2-8-15-14/h2-9,17H,1H3,(H,15,16). The summed E-state index contributed by atoms with van der Waals surface area (Å²) in [4.78, 5) is 8.23. The topological polar surface area (TPSA) is 74.8 Å². The van der Waals surface area contributed by atoms with Crippen LogP contribution in [0.4, 0.5) is 5.69 Å². The molecule has 0 aliphatic carbocycles. The zero-order chi connectivity index (χ0) is 14.9. The fourth-order valence-corrected chi connectivity index (χ4v) is 3.66. The van der Waals surface area contributed by atoms with E-state index in [1.165, 1.54) is 6.20 Å². The third-order valence-corrected chi connectivity index (χ3v) is 5.21. The minimum absolute atomic E-state index is 0.194. The van der Waals surface area contributed by atoms with E-state index in [1.54, 1.807) is 42.2 Å². The summed E-state index contributed by atoms with van der Waals surface area (Å²) in [5.41, 5.74) is 1.08. The van der Waals surface area contributed by atoms with Crippen LogP contribution in [-0.4, -0.2) is 24.6 Å². The van der Waals surface area contributed by atoms with Gasteiger partial charge in [-0.3, -0.25) is 4.72 Å². The van der Waals surface area contributed by atoms with E-state index in [0.717, 1.165) is 4.90 Å². The molecule has 0 bridgehead atoms. The van der Waals surface area contributed by atoms with Gasteiger partial charge in [-0.15, -0.1) is 11.8 Å². The van der Waals surface area contributed by atoms with Gasteiger partial charge >= 0.3 is 0 Å². The number of aromatic nitrogens is 2. The maximum atomic E-state index is 12.5. The molecule has 0 radical (unpaired) electrons. The molecule has 108 valence electrons. The molecule has 7 heteroatoms. The molecule has 0 fully saturated rings. The number of rotatable bonds is 4. The first-order valence-electron chi connectivity index (χ1n) is 6.19. The highest BCUT2D eigenvalue weighted by molar-refractivity contribution is 7.98. The lowest BCUT2D eigenvalue weighted by Gasteiger charge is -2.07. The molecule has 3 rings (SSSR count). The van der Waals surface area contributed by atoms with Crippen molar-refractivity contribution < 1.29 is 8.42 Å². The van der Waals surface area contributed by atoms with Crippen LogP contribution in [-0.2, 0) is 10.0 Å². The Hall–Kier alpha value is -1.99. The van der Waals surface area contributed by atoms with Gasteiger partial charge in [-0.05, 0) is 42.7 Å². The van der Waals surface area contributed by atoms with E-state index in [4.69, 9.17) is 0 Å². The number of fused-ring (bicyclic) bond motifs is 1. The van der Waals surface area contributed by atoms with E-state index in [2.05, 4.69) is 14.7 Å². The van der Waals surface area contributed by atoms with Crippen LogP contribution >= 0.6 is 11.8 Å². The summed E-state index contributed by atoms with van der Waals surface area (Å²) in [5.74, 6) is 0. The maximum Gasteiger partial charge on any atom is 0.264 e. The van der Waals surface area contributed by atoms with E-state index < -0.39 is 10.0 Å². The van der Waals surface area contributed by atoms with Crippen LogP contribution in [0.15, 0.2) is 58.6 Å². The highest BCUT2D eigenvalue weighted by atomic mass is 32.2. The zero-order valence-corrected chi connectivity index (χ0v) is 12.8. The smallest absolute Gasteiger partial charge is 0.264 e. The predicted molar refractivity (Wildman–Crippen MR) is 85.1 cm³/mol. The Labute approximate surface area is 126 Å². The number of benzene rings is 1. The first-order valence-corrected chi connectivity index (χ1v) is 8.90. The summed E-state index contributed by atoms with van der Waals surface area (Å²) >= 11 is 1.60. The predicted octanol–water partition coefficient (Wildman–Crippen LogP) is 3.09. The van der Waals surface area contributed by atoms with Crippen molar-refractivity contribution in [3.63, 3.8) is 0 Å². The summed E-state index contributed by atoms with van der Waals surface area (Å²) in [6, 6.07) is 10.7. The maximum absolute atomic E-state index is 12.5. The average Bonchev–Trinajstić information content (AvgIpc) is 2.92. The van der Waals surface area contributed by atoms with Crippen molar-refractivity contribution in [1.82, 2.24) is 9.97 Å². The van der Waals surface area contributed by atoms with Crippen LogP contribution in [0.1, 0.15) is 0 Å². The van der Waals surface area contributed by atoms with Crippen LogP contribution in [0.25, 0.3) is 11.0 Å². The summed E-state index contributed by atoms with van der Waals surface area (Å²) < 4.78 is 27.5. The lowest BCUT2D eigenvalue weighted by Crippen LogP contribution is -2.12. The zero-order valence-electron chi connectivity index (χ0n) is 11.2. The lowest BCUT2D eigenvalue weighted by atomic mass is 10.3. The van der Waals surface area contributed by atoms with Gasteiger partial charge in [0.2, 0.25) is 0 Å². The molecule has 2 heterocycles. The van der Waals surface area contributed by atoms with Crippen LogP contribution < -0.4 is 4.72 Å². The summed E-state index contributed by atoms with van der Waals surface area (Å²) in [6.45, 7) is 0. The molecule has 1 aromatic carbocycles. The summed E-state index contributed by atoms with van der Waals surface area (Å²) in [6.07, 6.45) is 5.04. The number of H-pyrrole nitrogens is 1. The van der Waals surface area contributed by atoms with Crippen molar-refractivity contribution in [2.24, 2.45) is 0 Å². The lowest BCUT2D eigenvalue weighted by molar-refractivity contribution is 0.602. The minimum Gasteiger partial charge on any atom is -0.345 e. The van der Waals surface area contributed by atoms with Crippen molar-refractivity contribution in [2.75, 3.05) is 11.0 Å². The molecule has 2 aromatic heterocycles. The first kappa shape index (κ1) is 14.0. The van der Waals surface area contributed by atoms with Gasteiger partial charge in [0.1, 0.15) is 10.5 Å². The second-order valence-corrected chi connectivity index (χ2v) is 6.92. The van der Waals surface area contributed by atoms with E-state index >= 15 is 0 Å². The number of pyridine rings is 1. The number of anilines is 1. The Morgan fingerprint density at radius 3 is 2.67 bits per heavy atom. The van der Waals surface area contributed by atoms with Gasteiger partial charge in [0.05, 0.1) is 0 Å². The normalized spacial score (nSPS) is 11.7. The summed E-state index contributed by atoms with van der Waals surface area (Å²) in [7, 11) is -3.64. The minimum atomic E-state index is -3.64. The Bertz CT molecular complexity index is 871. The monoisotopic (exact) mass is 319 g/mol. The number of nitrogens with one attached hydrogen (secondary N) is 2. The molecule has 5 nitrogen and oxygen atoms in total. The molecule has 0 saturated carbocycles. The number of aromatic amines is 1. The molecule has 3 aromatic rings. The molecule has 0 atom stereocenters. The number of hydrogen-bond acceptors (Lipinski definition) is 4. The number of sulfonamides is 1. The van der Waals surface area contributed by atoms with Crippen LogP contribution in [0, 0.1) is 0 Å². The fourth-order valence-electron chi connectivity index (χ4n) is 2.02. The number of nitrogens with zero attached hydrogens (tertiary/aromatic N) is 1. The highest BCUT2D eigenvalue weighted by Crippen LogP contribution is 2.24. The van der Waals surface area contributed by atoms with Crippen molar-refractivity contribution in [3.05, 3.63) is 48.8 Å². The molecular formula is C14H13N3O2S2. The quantitative estimate of drug-likeness (QED) is 0.725. The van der Waals surface area contributed by atoms with Gasteiger partial charge in [-0.1, -0.05) is 0 Å². The fraction of sp³-hybridized carbons (Fsp3) is 0.0714. The SMILES string of the molecule is CSc1ccc(NS(=O)(=O)c2c[nH]c3ncccc23)cc1. The molecular weight excluding hydrogens is 306 g/mol.